The Morgan fingerprint density at radius 2 is 2.06 bits per heavy atom. The summed E-state index contributed by atoms with van der Waals surface area (Å²) in [5.74, 6) is 1.86. The molecule has 2 aromatic rings. The molecule has 31 heavy (non-hydrogen) atoms. The second-order valence-electron chi connectivity index (χ2n) is 7.90. The summed E-state index contributed by atoms with van der Waals surface area (Å²) in [4.78, 5) is 12.4. The van der Waals surface area contributed by atoms with Gasteiger partial charge in [0.1, 0.15) is 5.82 Å². The fourth-order valence-electron chi connectivity index (χ4n) is 4.02. The van der Waals surface area contributed by atoms with E-state index in [1.54, 1.807) is 20.2 Å². The summed E-state index contributed by atoms with van der Waals surface area (Å²) in [7, 11) is 1.73. The fourth-order valence-corrected chi connectivity index (χ4v) is 4.02. The van der Waals surface area contributed by atoms with Crippen molar-refractivity contribution in [3.05, 3.63) is 54.1 Å². The zero-order chi connectivity index (χ0) is 22.3. The van der Waals surface area contributed by atoms with Crippen LogP contribution in [0.1, 0.15) is 24.7 Å². The van der Waals surface area contributed by atoms with E-state index in [0.717, 1.165) is 31.3 Å². The number of hydrogen-bond acceptors (Lipinski definition) is 3. The number of nitrogens with zero attached hydrogens (tertiary/aromatic N) is 5. The highest BCUT2D eigenvalue weighted by atomic mass is 19.4. The largest absolute Gasteiger partial charge is 0.401 e. The topological polar surface area (TPSA) is 48.7 Å². The van der Waals surface area contributed by atoms with Gasteiger partial charge in [0.25, 0.3) is 0 Å². The van der Waals surface area contributed by atoms with Gasteiger partial charge in [-0.05, 0) is 24.4 Å². The van der Waals surface area contributed by atoms with E-state index < -0.39 is 12.7 Å². The molecule has 3 rings (SSSR count). The Morgan fingerprint density at radius 1 is 1.29 bits per heavy atom. The molecule has 1 fully saturated rings. The second kappa shape index (κ2) is 10.7. The first-order valence-corrected chi connectivity index (χ1v) is 10.7. The van der Waals surface area contributed by atoms with E-state index in [4.69, 9.17) is 0 Å². The molecule has 1 aliphatic rings. The van der Waals surface area contributed by atoms with Crippen LogP contribution in [0.4, 0.5) is 13.2 Å². The summed E-state index contributed by atoms with van der Waals surface area (Å²) < 4.78 is 40.3. The molecule has 0 saturated carbocycles. The molecule has 0 spiro atoms. The minimum atomic E-state index is -4.16. The van der Waals surface area contributed by atoms with Crippen LogP contribution in [0.5, 0.6) is 0 Å². The van der Waals surface area contributed by atoms with Gasteiger partial charge in [0.05, 0.1) is 13.1 Å². The van der Waals surface area contributed by atoms with Crippen molar-refractivity contribution in [2.24, 2.45) is 10.9 Å². The summed E-state index contributed by atoms with van der Waals surface area (Å²) in [6.45, 7) is 4.53. The standard InChI is InChI=1S/C22H31F3N6/c1-3-29(17-22(23,24)25)14-19-9-11-31(16-19)21(26-2)28-13-20-27-10-12-30(20)15-18-7-5-4-6-8-18/h4-8,10,12,19H,3,9,11,13-17H2,1-2H3,(H,26,28). The smallest absolute Gasteiger partial charge is 0.349 e. The monoisotopic (exact) mass is 436 g/mol. The predicted molar refractivity (Wildman–Crippen MR) is 116 cm³/mol. The predicted octanol–water partition coefficient (Wildman–Crippen LogP) is 3.21. The average molecular weight is 437 g/mol. The molecule has 0 bridgehead atoms. The first kappa shape index (κ1) is 23.1. The molecule has 1 atom stereocenters. The molecule has 1 N–H and O–H groups in total. The van der Waals surface area contributed by atoms with Crippen LogP contribution in [0.3, 0.4) is 0 Å². The first-order chi connectivity index (χ1) is 14.9. The third-order valence-corrected chi connectivity index (χ3v) is 5.57. The normalized spacial score (nSPS) is 17.5. The van der Waals surface area contributed by atoms with Crippen molar-refractivity contribution in [2.45, 2.75) is 32.6 Å². The Kier molecular flexibility index (Phi) is 7.95. The van der Waals surface area contributed by atoms with Crippen LogP contribution in [0.2, 0.25) is 0 Å². The number of nitrogens with one attached hydrogen (secondary N) is 1. The zero-order valence-corrected chi connectivity index (χ0v) is 18.1. The number of benzene rings is 1. The van der Waals surface area contributed by atoms with E-state index >= 15 is 0 Å². The highest BCUT2D eigenvalue weighted by molar-refractivity contribution is 5.80. The van der Waals surface area contributed by atoms with Crippen molar-refractivity contribution in [3.63, 3.8) is 0 Å². The Balaban J connectivity index is 1.52. The van der Waals surface area contributed by atoms with Crippen molar-refractivity contribution >= 4 is 5.96 Å². The Hall–Kier alpha value is -2.55. The van der Waals surface area contributed by atoms with E-state index in [1.165, 1.54) is 10.5 Å². The van der Waals surface area contributed by atoms with Crippen LogP contribution in [-0.4, -0.2) is 71.3 Å². The minimum Gasteiger partial charge on any atom is -0.349 e. The minimum absolute atomic E-state index is 0.195. The number of aliphatic imine (C=N–C) groups is 1. The van der Waals surface area contributed by atoms with E-state index in [9.17, 15) is 13.2 Å². The van der Waals surface area contributed by atoms with Crippen LogP contribution >= 0.6 is 0 Å². The Bertz CT molecular complexity index is 833. The van der Waals surface area contributed by atoms with Gasteiger partial charge in [0.2, 0.25) is 0 Å². The lowest BCUT2D eigenvalue weighted by Crippen LogP contribution is -2.41. The highest BCUT2D eigenvalue weighted by Crippen LogP contribution is 2.21. The van der Waals surface area contributed by atoms with E-state index in [1.807, 2.05) is 24.4 Å². The molecule has 170 valence electrons. The number of hydrogen-bond donors (Lipinski definition) is 1. The third-order valence-electron chi connectivity index (χ3n) is 5.57. The first-order valence-electron chi connectivity index (χ1n) is 10.7. The van der Waals surface area contributed by atoms with Crippen LogP contribution in [0.25, 0.3) is 0 Å². The molecular formula is C22H31F3N6. The van der Waals surface area contributed by atoms with Gasteiger partial charge in [0, 0.05) is 45.6 Å². The molecular weight excluding hydrogens is 405 g/mol. The molecule has 1 saturated heterocycles. The van der Waals surface area contributed by atoms with Gasteiger partial charge in [-0.1, -0.05) is 37.3 Å². The second-order valence-corrected chi connectivity index (χ2v) is 7.90. The molecule has 9 heteroatoms. The summed E-state index contributed by atoms with van der Waals surface area (Å²) in [5, 5.41) is 3.37. The molecule has 1 unspecified atom stereocenters. The van der Waals surface area contributed by atoms with Crippen LogP contribution < -0.4 is 5.32 Å². The van der Waals surface area contributed by atoms with E-state index in [-0.39, 0.29) is 5.92 Å². The van der Waals surface area contributed by atoms with Crippen LogP contribution in [0, 0.1) is 5.92 Å². The molecule has 2 heterocycles. The van der Waals surface area contributed by atoms with Crippen LogP contribution in [-0.2, 0) is 13.1 Å². The molecule has 1 aliphatic heterocycles. The maximum Gasteiger partial charge on any atom is 0.401 e. The van der Waals surface area contributed by atoms with Crippen molar-refractivity contribution in [2.75, 3.05) is 39.8 Å². The van der Waals surface area contributed by atoms with Crippen molar-refractivity contribution in [1.29, 1.82) is 0 Å². The highest BCUT2D eigenvalue weighted by Gasteiger charge is 2.33. The van der Waals surface area contributed by atoms with Gasteiger partial charge in [-0.15, -0.1) is 0 Å². The van der Waals surface area contributed by atoms with Gasteiger partial charge in [0.15, 0.2) is 5.96 Å². The van der Waals surface area contributed by atoms with E-state index in [0.29, 0.717) is 26.2 Å². The number of alkyl halides is 3. The molecule has 0 aliphatic carbocycles. The fraction of sp³-hybridized carbons (Fsp3) is 0.545. The summed E-state index contributed by atoms with van der Waals surface area (Å²) in [6, 6.07) is 10.2. The lowest BCUT2D eigenvalue weighted by molar-refractivity contribution is -0.146. The molecule has 6 nitrogen and oxygen atoms in total. The molecule has 0 amide bonds. The Labute approximate surface area is 181 Å². The number of halogens is 3. The van der Waals surface area contributed by atoms with Crippen LogP contribution in [0.15, 0.2) is 47.7 Å². The maximum atomic E-state index is 12.7. The summed E-state index contributed by atoms with van der Waals surface area (Å²) in [5.41, 5.74) is 1.20. The van der Waals surface area contributed by atoms with E-state index in [2.05, 4.69) is 36.9 Å². The zero-order valence-electron chi connectivity index (χ0n) is 18.1. The van der Waals surface area contributed by atoms with Gasteiger partial charge < -0.3 is 14.8 Å². The summed E-state index contributed by atoms with van der Waals surface area (Å²) >= 11 is 0. The quantitative estimate of drug-likeness (QED) is 0.510. The number of imidazole rings is 1. The summed E-state index contributed by atoms with van der Waals surface area (Å²) in [6.07, 6.45) is 0.443. The lowest BCUT2D eigenvalue weighted by Gasteiger charge is -2.26. The molecule has 0 radical (unpaired) electrons. The number of aromatic nitrogens is 2. The number of rotatable bonds is 8. The number of guanidine groups is 1. The Morgan fingerprint density at radius 3 is 2.74 bits per heavy atom. The number of likely N-dealkylation sites (tertiary alicyclic amines) is 1. The van der Waals surface area contributed by atoms with Gasteiger partial charge in [-0.25, -0.2) is 4.98 Å². The van der Waals surface area contributed by atoms with Gasteiger partial charge in [-0.2, -0.15) is 13.2 Å². The van der Waals surface area contributed by atoms with Crippen molar-refractivity contribution in [1.82, 2.24) is 24.7 Å². The van der Waals surface area contributed by atoms with Gasteiger partial charge in [-0.3, -0.25) is 9.89 Å². The molecule has 1 aromatic heterocycles. The molecule has 1 aromatic carbocycles. The lowest BCUT2D eigenvalue weighted by atomic mass is 10.1. The SMILES string of the molecule is CCN(CC1CCN(C(=NC)NCc2nccn2Cc2ccccc2)C1)CC(F)(F)F. The maximum absolute atomic E-state index is 12.7. The van der Waals surface area contributed by atoms with Gasteiger partial charge >= 0.3 is 6.18 Å². The van der Waals surface area contributed by atoms with Crippen molar-refractivity contribution < 1.29 is 13.2 Å². The average Bonchev–Trinajstić information content (AvgIpc) is 3.37. The third kappa shape index (κ3) is 6.99. The van der Waals surface area contributed by atoms with Crippen molar-refractivity contribution in [3.8, 4) is 0 Å².